The van der Waals surface area contributed by atoms with Crippen molar-refractivity contribution in [2.75, 3.05) is 27.2 Å². The maximum absolute atomic E-state index is 12.6. The largest absolute Gasteiger partial charge is 0.451 e. The van der Waals surface area contributed by atoms with Gasteiger partial charge < -0.3 is 14.2 Å². The van der Waals surface area contributed by atoms with E-state index < -0.39 is 0 Å². The molecule has 1 amide bonds. The normalized spacial score (nSPS) is 17.3. The third-order valence-corrected chi connectivity index (χ3v) is 4.44. The Hall–Kier alpha value is -1.81. The Bertz CT molecular complexity index is 654. The topological polar surface area (TPSA) is 36.7 Å². The minimum absolute atomic E-state index is 0.0154. The number of furan rings is 1. The second-order valence-electron chi connectivity index (χ2n) is 6.10. The van der Waals surface area contributed by atoms with Crippen molar-refractivity contribution in [3.8, 4) is 0 Å². The summed E-state index contributed by atoms with van der Waals surface area (Å²) in [6.45, 7) is 4.11. The van der Waals surface area contributed by atoms with Crippen molar-refractivity contribution in [3.63, 3.8) is 0 Å². The van der Waals surface area contributed by atoms with Gasteiger partial charge in [-0.15, -0.1) is 0 Å². The summed E-state index contributed by atoms with van der Waals surface area (Å²) in [5.41, 5.74) is 1.93. The monoisotopic (exact) mass is 286 g/mol. The molecule has 1 aromatic carbocycles. The maximum Gasteiger partial charge on any atom is 0.289 e. The van der Waals surface area contributed by atoms with E-state index >= 15 is 0 Å². The van der Waals surface area contributed by atoms with Gasteiger partial charge in [0.2, 0.25) is 0 Å². The van der Waals surface area contributed by atoms with Gasteiger partial charge in [-0.2, -0.15) is 0 Å². The number of nitrogens with zero attached hydrogens (tertiary/aromatic N) is 2. The molecule has 0 atom stereocenters. The van der Waals surface area contributed by atoms with E-state index in [9.17, 15) is 4.79 Å². The van der Waals surface area contributed by atoms with E-state index in [0.717, 1.165) is 42.5 Å². The number of benzene rings is 1. The zero-order chi connectivity index (χ0) is 15.0. The zero-order valence-corrected chi connectivity index (χ0v) is 12.9. The summed E-state index contributed by atoms with van der Waals surface area (Å²) in [5.74, 6) is 0.426. The Kier molecular flexibility index (Phi) is 3.72. The Morgan fingerprint density at radius 3 is 2.71 bits per heavy atom. The fourth-order valence-corrected chi connectivity index (χ4v) is 2.97. The summed E-state index contributed by atoms with van der Waals surface area (Å²) >= 11 is 0. The van der Waals surface area contributed by atoms with E-state index in [1.165, 1.54) is 0 Å². The first-order valence-corrected chi connectivity index (χ1v) is 7.50. The van der Waals surface area contributed by atoms with Crippen molar-refractivity contribution < 1.29 is 9.21 Å². The molecule has 1 fully saturated rings. The minimum atomic E-state index is -0.0154. The van der Waals surface area contributed by atoms with Gasteiger partial charge in [-0.3, -0.25) is 4.79 Å². The number of carbonyl (C=O) groups excluding carboxylic acids is 1. The van der Waals surface area contributed by atoms with Crippen LogP contribution in [0.3, 0.4) is 0 Å². The second-order valence-corrected chi connectivity index (χ2v) is 6.10. The first-order valence-electron chi connectivity index (χ1n) is 7.50. The van der Waals surface area contributed by atoms with Crippen molar-refractivity contribution in [1.29, 1.82) is 0 Å². The predicted molar refractivity (Wildman–Crippen MR) is 83.6 cm³/mol. The summed E-state index contributed by atoms with van der Waals surface area (Å²) in [6, 6.07) is 8.17. The van der Waals surface area contributed by atoms with Crippen LogP contribution >= 0.6 is 0 Å². The highest BCUT2D eigenvalue weighted by Gasteiger charge is 2.26. The van der Waals surface area contributed by atoms with Crippen LogP contribution in [0.1, 0.15) is 29.0 Å². The van der Waals surface area contributed by atoms with Gasteiger partial charge in [0, 0.05) is 18.5 Å². The average molecular weight is 286 g/mol. The van der Waals surface area contributed by atoms with Crippen LogP contribution in [0, 0.1) is 6.92 Å². The number of amides is 1. The highest BCUT2D eigenvalue weighted by atomic mass is 16.3. The quantitative estimate of drug-likeness (QED) is 0.851. The SMILES string of the molecule is Cc1ccc2cc(C(=O)N(C)C3CCN(C)CC3)oc2c1. The van der Waals surface area contributed by atoms with Crippen LogP contribution in [0.5, 0.6) is 0 Å². The lowest BCUT2D eigenvalue weighted by molar-refractivity contribution is 0.0630. The van der Waals surface area contributed by atoms with Gasteiger partial charge in [-0.25, -0.2) is 0 Å². The number of fused-ring (bicyclic) bond motifs is 1. The molecule has 0 bridgehead atoms. The Morgan fingerprint density at radius 2 is 2.00 bits per heavy atom. The molecule has 3 rings (SSSR count). The maximum atomic E-state index is 12.6. The zero-order valence-electron chi connectivity index (χ0n) is 12.9. The number of likely N-dealkylation sites (tertiary alicyclic amines) is 1. The van der Waals surface area contributed by atoms with Gasteiger partial charge in [-0.1, -0.05) is 12.1 Å². The van der Waals surface area contributed by atoms with E-state index in [0.29, 0.717) is 11.8 Å². The smallest absolute Gasteiger partial charge is 0.289 e. The van der Waals surface area contributed by atoms with Crippen LogP contribution in [0.2, 0.25) is 0 Å². The Balaban J connectivity index is 1.79. The molecule has 4 nitrogen and oxygen atoms in total. The van der Waals surface area contributed by atoms with Crippen molar-refractivity contribution in [2.24, 2.45) is 0 Å². The highest BCUT2D eigenvalue weighted by Crippen LogP contribution is 2.23. The molecule has 1 aromatic heterocycles. The van der Waals surface area contributed by atoms with Crippen molar-refractivity contribution in [3.05, 3.63) is 35.6 Å². The molecule has 0 unspecified atom stereocenters. The highest BCUT2D eigenvalue weighted by molar-refractivity contribution is 5.96. The van der Waals surface area contributed by atoms with Crippen LogP contribution in [0.15, 0.2) is 28.7 Å². The Morgan fingerprint density at radius 1 is 1.29 bits per heavy atom. The van der Waals surface area contributed by atoms with Gasteiger partial charge in [-0.05, 0) is 57.6 Å². The first-order chi connectivity index (χ1) is 10.0. The summed E-state index contributed by atoms with van der Waals surface area (Å²) in [7, 11) is 4.01. The van der Waals surface area contributed by atoms with Gasteiger partial charge in [0.05, 0.1) is 0 Å². The molecular weight excluding hydrogens is 264 g/mol. The van der Waals surface area contributed by atoms with Crippen LogP contribution in [0.25, 0.3) is 11.0 Å². The van der Waals surface area contributed by atoms with E-state index in [2.05, 4.69) is 11.9 Å². The molecular formula is C17H22N2O2. The molecule has 0 radical (unpaired) electrons. The van der Waals surface area contributed by atoms with Crippen molar-refractivity contribution >= 4 is 16.9 Å². The van der Waals surface area contributed by atoms with E-state index in [-0.39, 0.29) is 5.91 Å². The van der Waals surface area contributed by atoms with Crippen molar-refractivity contribution in [1.82, 2.24) is 9.80 Å². The molecule has 2 aromatic rings. The summed E-state index contributed by atoms with van der Waals surface area (Å²) in [6.07, 6.45) is 2.05. The van der Waals surface area contributed by atoms with Crippen LogP contribution in [-0.2, 0) is 0 Å². The van der Waals surface area contributed by atoms with Crippen LogP contribution < -0.4 is 0 Å². The molecule has 21 heavy (non-hydrogen) atoms. The van der Waals surface area contributed by atoms with Crippen LogP contribution in [0.4, 0.5) is 0 Å². The lowest BCUT2D eigenvalue weighted by Crippen LogP contribution is -2.44. The van der Waals surface area contributed by atoms with Gasteiger partial charge in [0.15, 0.2) is 5.76 Å². The first kappa shape index (κ1) is 14.1. The molecule has 0 spiro atoms. The van der Waals surface area contributed by atoms with Gasteiger partial charge in [0.1, 0.15) is 5.58 Å². The molecule has 0 N–H and O–H groups in total. The third kappa shape index (κ3) is 2.81. The summed E-state index contributed by atoms with van der Waals surface area (Å²) in [5, 5.41) is 0.987. The minimum Gasteiger partial charge on any atom is -0.451 e. The van der Waals surface area contributed by atoms with Crippen molar-refractivity contribution in [2.45, 2.75) is 25.8 Å². The van der Waals surface area contributed by atoms with Crippen LogP contribution in [-0.4, -0.2) is 48.9 Å². The number of carbonyl (C=O) groups is 1. The fourth-order valence-electron chi connectivity index (χ4n) is 2.97. The number of aryl methyl sites for hydroxylation is 1. The van der Waals surface area contributed by atoms with E-state index in [1.807, 2.05) is 43.1 Å². The van der Waals surface area contributed by atoms with Gasteiger partial charge in [0.25, 0.3) is 5.91 Å². The molecule has 4 heteroatoms. The third-order valence-electron chi connectivity index (χ3n) is 4.44. The molecule has 112 valence electrons. The predicted octanol–water partition coefficient (Wildman–Crippen LogP) is 2.91. The van der Waals surface area contributed by atoms with E-state index in [4.69, 9.17) is 4.42 Å². The number of hydrogen-bond donors (Lipinski definition) is 0. The number of rotatable bonds is 2. The number of hydrogen-bond acceptors (Lipinski definition) is 3. The summed E-state index contributed by atoms with van der Waals surface area (Å²) in [4.78, 5) is 16.7. The molecule has 1 aliphatic heterocycles. The molecule has 2 heterocycles. The molecule has 0 saturated carbocycles. The van der Waals surface area contributed by atoms with Gasteiger partial charge >= 0.3 is 0 Å². The summed E-state index contributed by atoms with van der Waals surface area (Å²) < 4.78 is 5.74. The molecule has 1 aliphatic rings. The lowest BCUT2D eigenvalue weighted by atomic mass is 10.0. The number of piperidine rings is 1. The fraction of sp³-hybridized carbons (Fsp3) is 0.471. The van der Waals surface area contributed by atoms with E-state index in [1.54, 1.807) is 0 Å². The average Bonchev–Trinajstić information content (AvgIpc) is 2.89. The standard InChI is InChI=1S/C17H22N2O2/c1-12-4-5-13-11-16(21-15(13)10-12)17(20)19(3)14-6-8-18(2)9-7-14/h4-5,10-11,14H,6-9H2,1-3H3. The molecule has 1 saturated heterocycles. The molecule has 0 aliphatic carbocycles. The Labute approximate surface area is 125 Å². The lowest BCUT2D eigenvalue weighted by Gasteiger charge is -2.34. The second kappa shape index (κ2) is 5.53.